The van der Waals surface area contributed by atoms with Crippen LogP contribution in [-0.4, -0.2) is 36.9 Å². The van der Waals surface area contributed by atoms with Crippen molar-refractivity contribution in [3.05, 3.63) is 77.4 Å². The van der Waals surface area contributed by atoms with Gasteiger partial charge in [0.1, 0.15) is 5.75 Å². The minimum atomic E-state index is -4.44. The molecule has 8 heteroatoms. The normalized spacial score (nSPS) is 14.8. The third kappa shape index (κ3) is 5.00. The summed E-state index contributed by atoms with van der Waals surface area (Å²) < 4.78 is 43.7. The first-order valence-corrected chi connectivity index (χ1v) is 11.1. The van der Waals surface area contributed by atoms with Crippen molar-refractivity contribution in [2.45, 2.75) is 25.6 Å². The van der Waals surface area contributed by atoms with Gasteiger partial charge in [-0.25, -0.2) is 0 Å². The largest absolute Gasteiger partial charge is 0.496 e. The number of hydrogen-bond donors (Lipinski definition) is 1. The maximum atomic E-state index is 12.8. The average Bonchev–Trinajstić information content (AvgIpc) is 2.86. The fraction of sp³-hybridized carbons (Fsp3) is 0.308. The highest BCUT2D eigenvalue weighted by Gasteiger charge is 2.31. The zero-order valence-electron chi connectivity index (χ0n) is 18.7. The van der Waals surface area contributed by atoms with Crippen LogP contribution in [0.4, 0.5) is 13.2 Å². The van der Waals surface area contributed by atoms with Gasteiger partial charge in [0.15, 0.2) is 0 Å². The SMILES string of the molecule is COc1ccc2ccccc2c1CNC(=O)C1CCN(C(=O)c2ccc(C(F)(F)F)cc2)CC1. The smallest absolute Gasteiger partial charge is 0.416 e. The Labute approximate surface area is 195 Å². The lowest BCUT2D eigenvalue weighted by molar-refractivity contribution is -0.137. The van der Waals surface area contributed by atoms with Gasteiger partial charge in [0.25, 0.3) is 5.91 Å². The average molecular weight is 470 g/mol. The van der Waals surface area contributed by atoms with Crippen molar-refractivity contribution in [2.24, 2.45) is 5.92 Å². The van der Waals surface area contributed by atoms with Gasteiger partial charge in [-0.15, -0.1) is 0 Å². The summed E-state index contributed by atoms with van der Waals surface area (Å²) in [7, 11) is 1.60. The second-order valence-electron chi connectivity index (χ2n) is 8.33. The van der Waals surface area contributed by atoms with Gasteiger partial charge >= 0.3 is 6.18 Å². The summed E-state index contributed by atoms with van der Waals surface area (Å²) >= 11 is 0. The molecule has 3 aromatic carbocycles. The number of ether oxygens (including phenoxy) is 1. The molecule has 3 aromatic rings. The first-order valence-electron chi connectivity index (χ1n) is 11.1. The predicted octanol–water partition coefficient (Wildman–Crippen LogP) is 5.04. The van der Waals surface area contributed by atoms with Crippen LogP contribution in [0.25, 0.3) is 10.8 Å². The molecule has 0 aromatic heterocycles. The molecule has 0 saturated carbocycles. The van der Waals surface area contributed by atoms with E-state index < -0.39 is 11.7 Å². The minimum absolute atomic E-state index is 0.0865. The third-order valence-corrected chi connectivity index (χ3v) is 6.27. The van der Waals surface area contributed by atoms with Crippen LogP contribution < -0.4 is 10.1 Å². The van der Waals surface area contributed by atoms with Crippen LogP contribution in [0.3, 0.4) is 0 Å². The van der Waals surface area contributed by atoms with Gasteiger partial charge < -0.3 is 15.0 Å². The number of alkyl halides is 3. The fourth-order valence-electron chi connectivity index (χ4n) is 4.34. The molecule has 0 aliphatic carbocycles. The van der Waals surface area contributed by atoms with Crippen molar-refractivity contribution < 1.29 is 27.5 Å². The highest BCUT2D eigenvalue weighted by Crippen LogP contribution is 2.30. The number of hydrogen-bond acceptors (Lipinski definition) is 3. The van der Waals surface area contributed by atoms with Gasteiger partial charge in [0.05, 0.1) is 12.7 Å². The molecule has 4 rings (SSSR count). The number of benzene rings is 3. The van der Waals surface area contributed by atoms with Crippen molar-refractivity contribution in [1.82, 2.24) is 10.2 Å². The Kier molecular flexibility index (Phi) is 6.77. The number of nitrogens with zero attached hydrogens (tertiary/aromatic N) is 1. The van der Waals surface area contributed by atoms with Crippen molar-refractivity contribution in [3.63, 3.8) is 0 Å². The Morgan fingerprint density at radius 2 is 1.68 bits per heavy atom. The van der Waals surface area contributed by atoms with E-state index in [-0.39, 0.29) is 23.3 Å². The first kappa shape index (κ1) is 23.6. The molecule has 1 heterocycles. The van der Waals surface area contributed by atoms with E-state index in [0.717, 1.165) is 28.5 Å². The number of halogens is 3. The van der Waals surface area contributed by atoms with E-state index in [1.54, 1.807) is 12.0 Å². The fourth-order valence-corrected chi connectivity index (χ4v) is 4.34. The van der Waals surface area contributed by atoms with Crippen LogP contribution in [0.2, 0.25) is 0 Å². The van der Waals surface area contributed by atoms with Crippen LogP contribution in [-0.2, 0) is 17.5 Å². The number of carbonyl (C=O) groups is 2. The molecule has 1 saturated heterocycles. The molecular weight excluding hydrogens is 445 g/mol. The van der Waals surface area contributed by atoms with Crippen molar-refractivity contribution in [1.29, 1.82) is 0 Å². The number of methoxy groups -OCH3 is 1. The number of carbonyl (C=O) groups excluding carboxylic acids is 2. The number of likely N-dealkylation sites (tertiary alicyclic amines) is 1. The maximum Gasteiger partial charge on any atom is 0.416 e. The van der Waals surface area contributed by atoms with E-state index in [1.165, 1.54) is 12.1 Å². The van der Waals surface area contributed by atoms with Gasteiger partial charge in [0, 0.05) is 36.7 Å². The third-order valence-electron chi connectivity index (χ3n) is 6.27. The summed E-state index contributed by atoms with van der Waals surface area (Å²) in [6.07, 6.45) is -3.46. The van der Waals surface area contributed by atoms with Crippen LogP contribution >= 0.6 is 0 Å². The maximum absolute atomic E-state index is 12.8. The lowest BCUT2D eigenvalue weighted by atomic mass is 9.95. The molecule has 0 atom stereocenters. The number of fused-ring (bicyclic) bond motifs is 1. The minimum Gasteiger partial charge on any atom is -0.496 e. The summed E-state index contributed by atoms with van der Waals surface area (Å²) in [4.78, 5) is 27.1. The van der Waals surface area contributed by atoms with E-state index in [2.05, 4.69) is 5.32 Å². The molecule has 1 aliphatic heterocycles. The molecule has 0 unspecified atom stereocenters. The molecule has 5 nitrogen and oxygen atoms in total. The molecule has 34 heavy (non-hydrogen) atoms. The van der Waals surface area contributed by atoms with E-state index in [0.29, 0.717) is 38.2 Å². The number of piperidine rings is 1. The lowest BCUT2D eigenvalue weighted by Crippen LogP contribution is -2.43. The van der Waals surface area contributed by atoms with E-state index in [4.69, 9.17) is 4.74 Å². The standard InChI is InChI=1S/C26H25F3N2O3/c1-34-23-11-8-17-4-2-3-5-21(17)22(23)16-30-24(32)18-12-14-31(15-13-18)25(33)19-6-9-20(10-7-19)26(27,28)29/h2-11,18H,12-16H2,1H3,(H,30,32). The summed E-state index contributed by atoms with van der Waals surface area (Å²) in [5.74, 6) is 0.0540. The highest BCUT2D eigenvalue weighted by atomic mass is 19.4. The monoisotopic (exact) mass is 470 g/mol. The highest BCUT2D eigenvalue weighted by molar-refractivity contribution is 5.94. The zero-order valence-corrected chi connectivity index (χ0v) is 18.7. The molecular formula is C26H25F3N2O3. The van der Waals surface area contributed by atoms with Gasteiger partial charge in [-0.3, -0.25) is 9.59 Å². The molecule has 2 amide bonds. The first-order chi connectivity index (χ1) is 16.3. The molecule has 0 radical (unpaired) electrons. The summed E-state index contributed by atoms with van der Waals surface area (Å²) in [6, 6.07) is 16.0. The molecule has 0 spiro atoms. The Balaban J connectivity index is 1.35. The van der Waals surface area contributed by atoms with Crippen molar-refractivity contribution in [2.75, 3.05) is 20.2 Å². The molecule has 0 bridgehead atoms. The second-order valence-corrected chi connectivity index (χ2v) is 8.33. The second kappa shape index (κ2) is 9.75. The Hall–Kier alpha value is -3.55. The van der Waals surface area contributed by atoms with Crippen LogP contribution in [0.5, 0.6) is 5.75 Å². The van der Waals surface area contributed by atoms with E-state index >= 15 is 0 Å². The molecule has 1 fully saturated rings. The summed E-state index contributed by atoms with van der Waals surface area (Å²) in [5.41, 5.74) is 0.324. The van der Waals surface area contributed by atoms with Crippen LogP contribution in [0.1, 0.15) is 34.3 Å². The number of nitrogens with one attached hydrogen (secondary N) is 1. The van der Waals surface area contributed by atoms with Crippen molar-refractivity contribution in [3.8, 4) is 5.75 Å². The summed E-state index contributed by atoms with van der Waals surface area (Å²) in [6.45, 7) is 1.07. The molecule has 1 N–H and O–H groups in total. The van der Waals surface area contributed by atoms with Crippen molar-refractivity contribution >= 4 is 22.6 Å². The number of rotatable bonds is 5. The molecule has 1 aliphatic rings. The van der Waals surface area contributed by atoms with Gasteiger partial charge in [-0.1, -0.05) is 30.3 Å². The Morgan fingerprint density at radius 3 is 2.32 bits per heavy atom. The predicted molar refractivity (Wildman–Crippen MR) is 122 cm³/mol. The topological polar surface area (TPSA) is 58.6 Å². The van der Waals surface area contributed by atoms with Gasteiger partial charge in [0.2, 0.25) is 5.91 Å². The quantitative estimate of drug-likeness (QED) is 0.569. The zero-order chi connectivity index (χ0) is 24.3. The summed E-state index contributed by atoms with van der Waals surface area (Å²) in [5, 5.41) is 5.07. The Morgan fingerprint density at radius 1 is 1.00 bits per heavy atom. The van der Waals surface area contributed by atoms with E-state index in [9.17, 15) is 22.8 Å². The van der Waals surface area contributed by atoms with Gasteiger partial charge in [-0.05, 0) is 53.9 Å². The van der Waals surface area contributed by atoms with Gasteiger partial charge in [-0.2, -0.15) is 13.2 Å². The van der Waals surface area contributed by atoms with Crippen LogP contribution in [0.15, 0.2) is 60.7 Å². The number of amides is 2. The Bertz CT molecular complexity index is 1180. The molecule has 178 valence electrons. The van der Waals surface area contributed by atoms with Crippen LogP contribution in [0, 0.1) is 5.92 Å². The van der Waals surface area contributed by atoms with E-state index in [1.807, 2.05) is 36.4 Å². The lowest BCUT2D eigenvalue weighted by Gasteiger charge is -2.31.